The molecule has 116 valence electrons. The zero-order valence-corrected chi connectivity index (χ0v) is 12.7. The van der Waals surface area contributed by atoms with Gasteiger partial charge in [0.05, 0.1) is 11.0 Å². The number of alkyl halides is 4. The molecule has 0 amide bonds. The molecule has 2 rings (SSSR count). The topological polar surface area (TPSA) is 29.6 Å². The first-order valence-electron chi connectivity index (χ1n) is 6.00. The molecule has 0 spiro atoms. The number of benzene rings is 1. The highest BCUT2D eigenvalue weighted by molar-refractivity contribution is 9.09. The van der Waals surface area contributed by atoms with Crippen molar-refractivity contribution in [2.45, 2.75) is 6.18 Å². The first kappa shape index (κ1) is 16.4. The Morgan fingerprint density at radius 1 is 1.23 bits per heavy atom. The Morgan fingerprint density at radius 3 is 2.55 bits per heavy atom. The molecular formula is C14H10BrF4N3. The lowest BCUT2D eigenvalue weighted by atomic mass is 10.0. The second-order valence-electron chi connectivity index (χ2n) is 4.20. The van der Waals surface area contributed by atoms with E-state index in [-0.39, 0.29) is 11.0 Å². The molecule has 0 saturated carbocycles. The molecule has 0 aliphatic heterocycles. The van der Waals surface area contributed by atoms with Crippen LogP contribution in [0.4, 0.5) is 17.6 Å². The molecule has 0 atom stereocenters. The van der Waals surface area contributed by atoms with Crippen molar-refractivity contribution in [3.63, 3.8) is 0 Å². The summed E-state index contributed by atoms with van der Waals surface area (Å²) < 4.78 is 53.2. The van der Waals surface area contributed by atoms with Crippen LogP contribution in [0.15, 0.2) is 46.6 Å². The fraction of sp³-hybridized carbons (Fsp3) is 0.143. The van der Waals surface area contributed by atoms with E-state index in [1.165, 1.54) is 10.7 Å². The molecule has 0 saturated heterocycles. The van der Waals surface area contributed by atoms with Crippen LogP contribution in [0.2, 0.25) is 0 Å². The fourth-order valence-corrected chi connectivity index (χ4v) is 2.19. The number of halogens is 5. The number of hydrogen-bond acceptors (Lipinski definition) is 2. The van der Waals surface area contributed by atoms with Gasteiger partial charge in [0.25, 0.3) is 0 Å². The summed E-state index contributed by atoms with van der Waals surface area (Å²) in [6.07, 6.45) is -3.21. The van der Waals surface area contributed by atoms with E-state index < -0.39 is 17.6 Å². The molecule has 0 aliphatic rings. The van der Waals surface area contributed by atoms with Gasteiger partial charge in [0.2, 0.25) is 0 Å². The van der Waals surface area contributed by atoms with Crippen LogP contribution in [-0.2, 0) is 6.18 Å². The minimum absolute atomic E-state index is 0.187. The Kier molecular flexibility index (Phi) is 4.80. The van der Waals surface area contributed by atoms with Crippen LogP contribution in [0.25, 0.3) is 11.1 Å². The summed E-state index contributed by atoms with van der Waals surface area (Å²) in [7, 11) is 0. The highest BCUT2D eigenvalue weighted by Crippen LogP contribution is 2.33. The molecule has 3 nitrogen and oxygen atoms in total. The molecule has 1 aromatic heterocycles. The molecule has 1 heterocycles. The highest BCUT2D eigenvalue weighted by atomic mass is 79.9. The van der Waals surface area contributed by atoms with Gasteiger partial charge < -0.3 is 0 Å². The largest absolute Gasteiger partial charge is 0.419 e. The van der Waals surface area contributed by atoms with E-state index in [0.717, 1.165) is 12.1 Å². The van der Waals surface area contributed by atoms with E-state index in [4.69, 9.17) is 0 Å². The maximum absolute atomic E-state index is 13.4. The fourth-order valence-electron chi connectivity index (χ4n) is 1.95. The molecule has 0 radical (unpaired) electrons. The van der Waals surface area contributed by atoms with E-state index >= 15 is 0 Å². The van der Waals surface area contributed by atoms with Crippen LogP contribution in [-0.4, -0.2) is 16.8 Å². The van der Waals surface area contributed by atoms with Gasteiger partial charge in [0.15, 0.2) is 5.49 Å². The lowest BCUT2D eigenvalue weighted by molar-refractivity contribution is -0.139. The Balaban J connectivity index is 2.73. The maximum atomic E-state index is 13.4. The molecule has 0 N–H and O–H groups in total. The standard InChI is InChI=1S/C14H10BrF4N3/c1-20-22-6-2-3-10(13(22)21-8-15)9-4-5-12(16)11(7-9)14(17,18)19/h2-7H,1,8H2. The Morgan fingerprint density at radius 2 is 1.95 bits per heavy atom. The summed E-state index contributed by atoms with van der Waals surface area (Å²) in [5, 5.41) is 3.72. The smallest absolute Gasteiger partial charge is 0.255 e. The van der Waals surface area contributed by atoms with E-state index in [1.54, 1.807) is 18.3 Å². The molecule has 2 aromatic rings. The summed E-state index contributed by atoms with van der Waals surface area (Å²) >= 11 is 3.13. The third kappa shape index (κ3) is 3.27. The van der Waals surface area contributed by atoms with Crippen molar-refractivity contribution in [1.82, 2.24) is 4.68 Å². The molecule has 8 heteroatoms. The molecule has 0 unspecified atom stereocenters. The average Bonchev–Trinajstić information content (AvgIpc) is 2.47. The van der Waals surface area contributed by atoms with Crippen molar-refractivity contribution in [3.8, 4) is 11.1 Å². The van der Waals surface area contributed by atoms with Crippen molar-refractivity contribution >= 4 is 22.6 Å². The Labute approximate surface area is 131 Å². The van der Waals surface area contributed by atoms with E-state index in [2.05, 4.69) is 32.7 Å². The molecule has 0 aliphatic carbocycles. The number of rotatable bonds is 3. The van der Waals surface area contributed by atoms with Gasteiger partial charge in [0, 0.05) is 18.5 Å². The van der Waals surface area contributed by atoms with Crippen LogP contribution < -0.4 is 5.49 Å². The van der Waals surface area contributed by atoms with Crippen LogP contribution in [0.3, 0.4) is 0 Å². The summed E-state index contributed by atoms with van der Waals surface area (Å²) in [4.78, 5) is 4.14. The highest BCUT2D eigenvalue weighted by Gasteiger charge is 2.34. The van der Waals surface area contributed by atoms with Gasteiger partial charge in [-0.05, 0) is 29.8 Å². The van der Waals surface area contributed by atoms with Crippen molar-refractivity contribution in [2.75, 3.05) is 5.45 Å². The van der Waals surface area contributed by atoms with Gasteiger partial charge in [0.1, 0.15) is 5.82 Å². The first-order chi connectivity index (χ1) is 10.4. The summed E-state index contributed by atoms with van der Waals surface area (Å²) in [6.45, 7) is 3.38. The zero-order chi connectivity index (χ0) is 16.3. The van der Waals surface area contributed by atoms with Gasteiger partial charge in [-0.2, -0.15) is 18.3 Å². The average molecular weight is 376 g/mol. The summed E-state index contributed by atoms with van der Waals surface area (Å²) in [5.41, 5.74) is -0.204. The van der Waals surface area contributed by atoms with Crippen molar-refractivity contribution in [1.29, 1.82) is 0 Å². The van der Waals surface area contributed by atoms with Crippen molar-refractivity contribution < 1.29 is 17.6 Å². The molecular weight excluding hydrogens is 366 g/mol. The second-order valence-corrected chi connectivity index (χ2v) is 4.70. The van der Waals surface area contributed by atoms with Crippen LogP contribution in [0, 0.1) is 5.82 Å². The Hall–Kier alpha value is -1.96. The first-order valence-corrected chi connectivity index (χ1v) is 7.13. The lowest BCUT2D eigenvalue weighted by Crippen LogP contribution is -2.19. The Bertz CT molecular complexity index is 765. The zero-order valence-electron chi connectivity index (χ0n) is 11.1. The summed E-state index contributed by atoms with van der Waals surface area (Å²) in [6, 6.07) is 5.98. The monoisotopic (exact) mass is 375 g/mol. The third-order valence-electron chi connectivity index (χ3n) is 2.89. The molecule has 0 bridgehead atoms. The quantitative estimate of drug-likeness (QED) is 0.335. The van der Waals surface area contributed by atoms with E-state index in [1.807, 2.05) is 0 Å². The van der Waals surface area contributed by atoms with Crippen molar-refractivity contribution in [3.05, 3.63) is 53.4 Å². The van der Waals surface area contributed by atoms with Crippen molar-refractivity contribution in [2.24, 2.45) is 10.1 Å². The van der Waals surface area contributed by atoms with Crippen LogP contribution >= 0.6 is 15.9 Å². The van der Waals surface area contributed by atoms with Gasteiger partial charge in [-0.1, -0.05) is 22.0 Å². The molecule has 22 heavy (non-hydrogen) atoms. The second kappa shape index (κ2) is 6.43. The number of aromatic nitrogens is 1. The summed E-state index contributed by atoms with van der Waals surface area (Å²) in [5.74, 6) is -1.32. The minimum atomic E-state index is -4.77. The van der Waals surface area contributed by atoms with E-state index in [9.17, 15) is 17.6 Å². The SMILES string of the molecule is C=Nn1cccc(-c2ccc(F)c(C(F)(F)F)c2)c1=NCBr. The van der Waals surface area contributed by atoms with Gasteiger partial charge in [-0.3, -0.25) is 4.99 Å². The lowest BCUT2D eigenvalue weighted by Gasteiger charge is -2.11. The third-order valence-corrected chi connectivity index (χ3v) is 3.14. The van der Waals surface area contributed by atoms with Gasteiger partial charge in [-0.15, -0.1) is 0 Å². The van der Waals surface area contributed by atoms with Gasteiger partial charge >= 0.3 is 6.18 Å². The predicted octanol–water partition coefficient (Wildman–Crippen LogP) is 4.03. The van der Waals surface area contributed by atoms with Crippen LogP contribution in [0.5, 0.6) is 0 Å². The predicted molar refractivity (Wildman–Crippen MR) is 79.1 cm³/mol. The van der Waals surface area contributed by atoms with Crippen LogP contribution in [0.1, 0.15) is 5.56 Å². The maximum Gasteiger partial charge on any atom is 0.419 e. The number of nitrogens with zero attached hydrogens (tertiary/aromatic N) is 3. The number of hydrogen-bond donors (Lipinski definition) is 0. The van der Waals surface area contributed by atoms with Gasteiger partial charge in [-0.25, -0.2) is 9.07 Å². The minimum Gasteiger partial charge on any atom is -0.255 e. The molecule has 1 aromatic carbocycles. The van der Waals surface area contributed by atoms with E-state index in [0.29, 0.717) is 11.1 Å². The number of pyridine rings is 1. The normalized spacial score (nSPS) is 12.5. The molecule has 0 fully saturated rings.